The second-order valence-electron chi connectivity index (χ2n) is 4.83. The number of benzene rings is 2. The predicted molar refractivity (Wildman–Crippen MR) is 85.5 cm³/mol. The fourth-order valence-corrected chi connectivity index (χ4v) is 2.20. The number of rotatable bonds is 3. The van der Waals surface area contributed by atoms with Crippen LogP contribution in [-0.4, -0.2) is 20.9 Å². The molecule has 3 rings (SSSR count). The second-order valence-corrected chi connectivity index (χ2v) is 4.83. The van der Waals surface area contributed by atoms with E-state index in [0.29, 0.717) is 17.2 Å². The van der Waals surface area contributed by atoms with Crippen LogP contribution in [0, 0.1) is 0 Å². The summed E-state index contributed by atoms with van der Waals surface area (Å²) in [4.78, 5) is 11.1. The SMILES string of the molecule is CC(=O)Nc1cccc(-n2nnc(-c3ccccc3)c2N)c1. The fraction of sp³-hybridized carbons (Fsp3) is 0.0625. The number of nitrogens with two attached hydrogens (primary N) is 1. The Morgan fingerprint density at radius 3 is 2.64 bits per heavy atom. The molecule has 0 saturated heterocycles. The number of nitrogens with one attached hydrogen (secondary N) is 1. The first-order valence-electron chi connectivity index (χ1n) is 6.80. The molecule has 0 aliphatic rings. The third kappa shape index (κ3) is 2.67. The van der Waals surface area contributed by atoms with E-state index >= 15 is 0 Å². The largest absolute Gasteiger partial charge is 0.382 e. The van der Waals surface area contributed by atoms with Crippen LogP contribution in [0.15, 0.2) is 54.6 Å². The number of aromatic nitrogens is 3. The molecule has 110 valence electrons. The summed E-state index contributed by atoms with van der Waals surface area (Å²) in [7, 11) is 0. The lowest BCUT2D eigenvalue weighted by atomic mass is 10.1. The normalized spacial score (nSPS) is 10.4. The Labute approximate surface area is 127 Å². The molecular weight excluding hydrogens is 278 g/mol. The molecule has 0 fully saturated rings. The van der Waals surface area contributed by atoms with E-state index in [4.69, 9.17) is 5.73 Å². The summed E-state index contributed by atoms with van der Waals surface area (Å²) in [5.41, 5.74) is 9.12. The van der Waals surface area contributed by atoms with E-state index < -0.39 is 0 Å². The van der Waals surface area contributed by atoms with Gasteiger partial charge < -0.3 is 11.1 Å². The number of carbonyl (C=O) groups is 1. The van der Waals surface area contributed by atoms with Gasteiger partial charge in [0.05, 0.1) is 5.69 Å². The summed E-state index contributed by atoms with van der Waals surface area (Å²) < 4.78 is 1.55. The minimum atomic E-state index is -0.131. The number of carbonyl (C=O) groups excluding carboxylic acids is 1. The van der Waals surface area contributed by atoms with Crippen molar-refractivity contribution in [1.82, 2.24) is 15.0 Å². The fourth-order valence-electron chi connectivity index (χ4n) is 2.20. The van der Waals surface area contributed by atoms with Crippen molar-refractivity contribution in [3.8, 4) is 16.9 Å². The summed E-state index contributed by atoms with van der Waals surface area (Å²) in [6.07, 6.45) is 0. The Kier molecular flexibility index (Phi) is 3.57. The highest BCUT2D eigenvalue weighted by Crippen LogP contribution is 2.25. The average Bonchev–Trinajstić information content (AvgIpc) is 2.89. The first-order chi connectivity index (χ1) is 10.6. The van der Waals surface area contributed by atoms with E-state index in [9.17, 15) is 4.79 Å². The number of nitrogen functional groups attached to an aromatic ring is 1. The minimum absolute atomic E-state index is 0.131. The van der Waals surface area contributed by atoms with Crippen LogP contribution < -0.4 is 11.1 Å². The van der Waals surface area contributed by atoms with Crippen molar-refractivity contribution >= 4 is 17.4 Å². The lowest BCUT2D eigenvalue weighted by Gasteiger charge is -2.07. The van der Waals surface area contributed by atoms with Gasteiger partial charge in [-0.2, -0.15) is 4.68 Å². The average molecular weight is 293 g/mol. The smallest absolute Gasteiger partial charge is 0.221 e. The van der Waals surface area contributed by atoms with Gasteiger partial charge in [-0.15, -0.1) is 5.10 Å². The van der Waals surface area contributed by atoms with Gasteiger partial charge in [-0.3, -0.25) is 4.79 Å². The number of anilines is 2. The molecule has 1 amide bonds. The maximum atomic E-state index is 11.1. The van der Waals surface area contributed by atoms with E-state index in [2.05, 4.69) is 15.6 Å². The van der Waals surface area contributed by atoms with Crippen LogP contribution in [0.2, 0.25) is 0 Å². The van der Waals surface area contributed by atoms with Crippen molar-refractivity contribution in [1.29, 1.82) is 0 Å². The second kappa shape index (κ2) is 5.69. The Balaban J connectivity index is 2.00. The van der Waals surface area contributed by atoms with Crippen LogP contribution >= 0.6 is 0 Å². The van der Waals surface area contributed by atoms with Gasteiger partial charge in [0.15, 0.2) is 5.82 Å². The molecule has 0 bridgehead atoms. The summed E-state index contributed by atoms with van der Waals surface area (Å²) >= 11 is 0. The molecule has 0 radical (unpaired) electrons. The molecule has 3 aromatic rings. The Morgan fingerprint density at radius 1 is 1.14 bits per heavy atom. The molecule has 0 atom stereocenters. The molecule has 1 heterocycles. The van der Waals surface area contributed by atoms with E-state index in [-0.39, 0.29) is 5.91 Å². The first-order valence-corrected chi connectivity index (χ1v) is 6.80. The minimum Gasteiger partial charge on any atom is -0.382 e. The van der Waals surface area contributed by atoms with Crippen molar-refractivity contribution in [2.24, 2.45) is 0 Å². The van der Waals surface area contributed by atoms with Crippen LogP contribution in [0.1, 0.15) is 6.92 Å². The Bertz CT molecular complexity index is 810. The van der Waals surface area contributed by atoms with E-state index in [1.807, 2.05) is 42.5 Å². The lowest BCUT2D eigenvalue weighted by Crippen LogP contribution is -2.07. The van der Waals surface area contributed by atoms with Crippen molar-refractivity contribution < 1.29 is 4.79 Å². The topological polar surface area (TPSA) is 85.8 Å². The standard InChI is InChI=1S/C16H15N5O/c1-11(22)18-13-8-5-9-14(10-13)21-16(17)15(19-20-21)12-6-3-2-4-7-12/h2-10H,17H2,1H3,(H,18,22). The third-order valence-corrected chi connectivity index (χ3v) is 3.16. The summed E-state index contributed by atoms with van der Waals surface area (Å²) in [6, 6.07) is 16.9. The van der Waals surface area contributed by atoms with Crippen LogP contribution in [0.4, 0.5) is 11.5 Å². The summed E-state index contributed by atoms with van der Waals surface area (Å²) in [5, 5.41) is 11.0. The molecule has 0 spiro atoms. The molecule has 22 heavy (non-hydrogen) atoms. The summed E-state index contributed by atoms with van der Waals surface area (Å²) in [6.45, 7) is 1.46. The molecular formula is C16H15N5O. The lowest BCUT2D eigenvalue weighted by molar-refractivity contribution is -0.114. The van der Waals surface area contributed by atoms with Gasteiger partial charge in [-0.25, -0.2) is 0 Å². The monoisotopic (exact) mass is 293 g/mol. The highest BCUT2D eigenvalue weighted by Gasteiger charge is 2.13. The first kappa shape index (κ1) is 13.8. The third-order valence-electron chi connectivity index (χ3n) is 3.16. The van der Waals surface area contributed by atoms with E-state index in [0.717, 1.165) is 11.3 Å². The zero-order valence-corrected chi connectivity index (χ0v) is 12.0. The highest BCUT2D eigenvalue weighted by molar-refractivity contribution is 5.89. The molecule has 6 heteroatoms. The van der Waals surface area contributed by atoms with Gasteiger partial charge in [-0.05, 0) is 18.2 Å². The van der Waals surface area contributed by atoms with Crippen LogP contribution in [0.5, 0.6) is 0 Å². The predicted octanol–water partition coefficient (Wildman–Crippen LogP) is 2.47. The number of amides is 1. The number of hydrogen-bond acceptors (Lipinski definition) is 4. The maximum Gasteiger partial charge on any atom is 0.221 e. The zero-order chi connectivity index (χ0) is 15.5. The highest BCUT2D eigenvalue weighted by atomic mass is 16.1. The van der Waals surface area contributed by atoms with Crippen LogP contribution in [-0.2, 0) is 4.79 Å². The van der Waals surface area contributed by atoms with E-state index in [1.165, 1.54) is 6.92 Å². The zero-order valence-electron chi connectivity index (χ0n) is 12.0. The number of nitrogens with zero attached hydrogens (tertiary/aromatic N) is 3. The maximum absolute atomic E-state index is 11.1. The van der Waals surface area contributed by atoms with Crippen molar-refractivity contribution in [2.75, 3.05) is 11.1 Å². The van der Waals surface area contributed by atoms with Gasteiger partial charge >= 0.3 is 0 Å². The Hall–Kier alpha value is -3.15. The summed E-state index contributed by atoms with van der Waals surface area (Å²) in [5.74, 6) is 0.319. The number of hydrogen-bond donors (Lipinski definition) is 2. The van der Waals surface area contributed by atoms with Gasteiger partial charge in [0, 0.05) is 18.2 Å². The quantitative estimate of drug-likeness (QED) is 0.776. The van der Waals surface area contributed by atoms with Crippen molar-refractivity contribution in [3.63, 3.8) is 0 Å². The van der Waals surface area contributed by atoms with Crippen LogP contribution in [0.3, 0.4) is 0 Å². The molecule has 1 aromatic heterocycles. The molecule has 3 N–H and O–H groups in total. The Morgan fingerprint density at radius 2 is 1.91 bits per heavy atom. The van der Waals surface area contributed by atoms with Gasteiger partial charge in [0.2, 0.25) is 5.91 Å². The molecule has 0 aliphatic carbocycles. The van der Waals surface area contributed by atoms with Gasteiger partial charge in [0.25, 0.3) is 0 Å². The van der Waals surface area contributed by atoms with Gasteiger partial charge in [-0.1, -0.05) is 41.6 Å². The van der Waals surface area contributed by atoms with Crippen LogP contribution in [0.25, 0.3) is 16.9 Å². The van der Waals surface area contributed by atoms with Crippen molar-refractivity contribution in [3.05, 3.63) is 54.6 Å². The molecule has 0 unspecified atom stereocenters. The molecule has 6 nitrogen and oxygen atoms in total. The molecule has 0 aliphatic heterocycles. The molecule has 0 saturated carbocycles. The van der Waals surface area contributed by atoms with E-state index in [1.54, 1.807) is 16.8 Å². The molecule has 2 aromatic carbocycles. The van der Waals surface area contributed by atoms with Crippen molar-refractivity contribution in [2.45, 2.75) is 6.92 Å². The van der Waals surface area contributed by atoms with Gasteiger partial charge in [0.1, 0.15) is 5.69 Å².